The number of carbonyl (C=O) groups excluding carboxylic acids is 1. The van der Waals surface area contributed by atoms with Gasteiger partial charge in [-0.3, -0.25) is 4.79 Å². The van der Waals surface area contributed by atoms with Crippen LogP contribution in [0.15, 0.2) is 42.5 Å². The number of rotatable bonds is 1. The number of nitrogens with zero attached hydrogens (tertiary/aromatic N) is 1. The number of allylic oxidation sites excluding steroid dienone is 3. The first-order chi connectivity index (χ1) is 10.9. The van der Waals surface area contributed by atoms with Crippen molar-refractivity contribution >= 4 is 5.91 Å². The van der Waals surface area contributed by atoms with Crippen molar-refractivity contribution < 1.29 is 9.90 Å². The Balaban J connectivity index is 2.23. The van der Waals surface area contributed by atoms with E-state index < -0.39 is 0 Å². The molecule has 0 aliphatic carbocycles. The molecule has 23 heavy (non-hydrogen) atoms. The summed E-state index contributed by atoms with van der Waals surface area (Å²) in [5.41, 5.74) is 1.26. The van der Waals surface area contributed by atoms with E-state index in [1.54, 1.807) is 12.1 Å². The van der Waals surface area contributed by atoms with E-state index in [0.29, 0.717) is 12.1 Å². The molecule has 1 aliphatic heterocycles. The zero-order chi connectivity index (χ0) is 16.9. The van der Waals surface area contributed by atoms with Gasteiger partial charge in [-0.1, -0.05) is 45.1 Å². The second kappa shape index (κ2) is 7.49. The van der Waals surface area contributed by atoms with Gasteiger partial charge in [0, 0.05) is 24.2 Å². The maximum Gasteiger partial charge on any atom is 0.254 e. The summed E-state index contributed by atoms with van der Waals surface area (Å²) in [5.74, 6) is 0.282. The molecule has 0 bridgehead atoms. The van der Waals surface area contributed by atoms with E-state index in [2.05, 4.69) is 24.3 Å². The van der Waals surface area contributed by atoms with Gasteiger partial charge < -0.3 is 10.0 Å². The monoisotopic (exact) mass is 313 g/mol. The maximum atomic E-state index is 12.8. The normalized spacial score (nSPS) is 19.2. The minimum atomic E-state index is -0.198. The number of hydrogen-bond acceptors (Lipinski definition) is 2. The molecule has 3 heteroatoms. The molecule has 0 unspecified atom stereocenters. The van der Waals surface area contributed by atoms with Crippen molar-refractivity contribution in [2.45, 2.75) is 45.4 Å². The Bertz CT molecular complexity index is 609. The van der Waals surface area contributed by atoms with Crippen molar-refractivity contribution in [2.24, 2.45) is 0 Å². The highest BCUT2D eigenvalue weighted by Crippen LogP contribution is 2.31. The van der Waals surface area contributed by atoms with Crippen LogP contribution in [0, 0.1) is 0 Å². The molecule has 1 N–H and O–H groups in total. The van der Waals surface area contributed by atoms with Crippen LogP contribution in [0.25, 0.3) is 0 Å². The summed E-state index contributed by atoms with van der Waals surface area (Å²) in [6, 6.07) is 5.18. The van der Waals surface area contributed by atoms with Gasteiger partial charge in [0.05, 0.1) is 0 Å². The Morgan fingerprint density at radius 1 is 1.13 bits per heavy atom. The number of amides is 1. The molecule has 2 rings (SSSR count). The van der Waals surface area contributed by atoms with E-state index in [0.717, 1.165) is 31.4 Å². The van der Waals surface area contributed by atoms with Gasteiger partial charge in [0.25, 0.3) is 5.91 Å². The third-order valence-electron chi connectivity index (χ3n) is 4.07. The minimum absolute atomic E-state index is 0.0321. The number of benzene rings is 1. The highest BCUT2D eigenvalue weighted by atomic mass is 16.3. The molecule has 1 heterocycles. The fourth-order valence-electron chi connectivity index (χ4n) is 2.72. The maximum absolute atomic E-state index is 12.8. The zero-order valence-electron chi connectivity index (χ0n) is 14.4. The third-order valence-corrected chi connectivity index (χ3v) is 4.07. The lowest BCUT2D eigenvalue weighted by Crippen LogP contribution is -2.32. The Morgan fingerprint density at radius 2 is 1.87 bits per heavy atom. The van der Waals surface area contributed by atoms with Crippen LogP contribution in [0.2, 0.25) is 0 Å². The van der Waals surface area contributed by atoms with Crippen LogP contribution in [0.4, 0.5) is 0 Å². The van der Waals surface area contributed by atoms with E-state index in [4.69, 9.17) is 0 Å². The molecule has 3 nitrogen and oxygen atoms in total. The summed E-state index contributed by atoms with van der Waals surface area (Å²) in [7, 11) is 0. The first-order valence-corrected chi connectivity index (χ1v) is 8.32. The van der Waals surface area contributed by atoms with Crippen molar-refractivity contribution in [1.82, 2.24) is 4.90 Å². The van der Waals surface area contributed by atoms with Gasteiger partial charge in [0.15, 0.2) is 0 Å². The lowest BCUT2D eigenvalue weighted by atomic mass is 9.85. The quantitative estimate of drug-likeness (QED) is 0.779. The summed E-state index contributed by atoms with van der Waals surface area (Å²) >= 11 is 0. The smallest absolute Gasteiger partial charge is 0.254 e. The Hall–Kier alpha value is -2.03. The third kappa shape index (κ3) is 4.72. The first-order valence-electron chi connectivity index (χ1n) is 8.32. The molecule has 0 aromatic heterocycles. The Morgan fingerprint density at radius 3 is 2.61 bits per heavy atom. The predicted octanol–water partition coefficient (Wildman–Crippen LogP) is 4.43. The van der Waals surface area contributed by atoms with E-state index in [-0.39, 0.29) is 17.1 Å². The largest absolute Gasteiger partial charge is 0.508 e. The van der Waals surface area contributed by atoms with Gasteiger partial charge in [-0.2, -0.15) is 0 Å². The van der Waals surface area contributed by atoms with Crippen LogP contribution >= 0.6 is 0 Å². The summed E-state index contributed by atoms with van der Waals surface area (Å²) < 4.78 is 0. The van der Waals surface area contributed by atoms with E-state index in [1.807, 2.05) is 31.7 Å². The molecule has 1 aromatic carbocycles. The summed E-state index contributed by atoms with van der Waals surface area (Å²) in [6.07, 6.45) is 11.4. The summed E-state index contributed by atoms with van der Waals surface area (Å²) in [5, 5.41) is 10.1. The number of aromatic hydroxyl groups is 1. The molecular weight excluding hydrogens is 286 g/mol. The van der Waals surface area contributed by atoms with Crippen molar-refractivity contribution in [3.8, 4) is 5.75 Å². The van der Waals surface area contributed by atoms with Crippen LogP contribution in [0.1, 0.15) is 56.0 Å². The molecule has 0 saturated heterocycles. The van der Waals surface area contributed by atoms with Gasteiger partial charge >= 0.3 is 0 Å². The molecule has 1 aliphatic rings. The van der Waals surface area contributed by atoms with Gasteiger partial charge in [0.1, 0.15) is 5.75 Å². The van der Waals surface area contributed by atoms with Crippen LogP contribution < -0.4 is 0 Å². The van der Waals surface area contributed by atoms with E-state index >= 15 is 0 Å². The SMILES string of the molecule is CC(C)(C)c1cc(C(=O)N2C/C=C\C/C=C\CCC2)ccc1O. The number of phenols is 1. The topological polar surface area (TPSA) is 40.5 Å². The number of hydrogen-bond donors (Lipinski definition) is 1. The van der Waals surface area contributed by atoms with Gasteiger partial charge in [0.2, 0.25) is 0 Å². The highest BCUT2D eigenvalue weighted by molar-refractivity contribution is 5.94. The average molecular weight is 313 g/mol. The molecule has 0 spiro atoms. The van der Waals surface area contributed by atoms with Gasteiger partial charge in [-0.15, -0.1) is 0 Å². The molecule has 0 fully saturated rings. The van der Waals surface area contributed by atoms with E-state index in [1.165, 1.54) is 0 Å². The van der Waals surface area contributed by atoms with Crippen LogP contribution in [0.3, 0.4) is 0 Å². The second-order valence-corrected chi connectivity index (χ2v) is 7.05. The van der Waals surface area contributed by atoms with E-state index in [9.17, 15) is 9.90 Å². The predicted molar refractivity (Wildman–Crippen MR) is 94.8 cm³/mol. The van der Waals surface area contributed by atoms with Gasteiger partial charge in [-0.05, 0) is 42.9 Å². The average Bonchev–Trinajstić information content (AvgIpc) is 2.51. The molecule has 1 amide bonds. The highest BCUT2D eigenvalue weighted by Gasteiger charge is 2.21. The molecular formula is C20H27NO2. The molecule has 1 aromatic rings. The van der Waals surface area contributed by atoms with Gasteiger partial charge in [-0.25, -0.2) is 0 Å². The number of phenolic OH excluding ortho intramolecular Hbond substituents is 1. The lowest BCUT2D eigenvalue weighted by Gasteiger charge is -2.24. The fraction of sp³-hybridized carbons (Fsp3) is 0.450. The fourth-order valence-corrected chi connectivity index (χ4v) is 2.72. The van der Waals surface area contributed by atoms with Crippen LogP contribution in [0.5, 0.6) is 5.75 Å². The molecule has 0 radical (unpaired) electrons. The molecule has 0 atom stereocenters. The second-order valence-electron chi connectivity index (χ2n) is 7.05. The zero-order valence-corrected chi connectivity index (χ0v) is 14.4. The van der Waals surface area contributed by atoms with Crippen molar-refractivity contribution in [1.29, 1.82) is 0 Å². The van der Waals surface area contributed by atoms with Crippen molar-refractivity contribution in [2.75, 3.05) is 13.1 Å². The Labute approximate surface area is 139 Å². The Kier molecular flexibility index (Phi) is 5.64. The minimum Gasteiger partial charge on any atom is -0.508 e. The summed E-state index contributed by atoms with van der Waals surface area (Å²) in [6.45, 7) is 7.50. The van der Waals surface area contributed by atoms with Crippen LogP contribution in [-0.2, 0) is 5.41 Å². The molecule has 124 valence electrons. The molecule has 0 saturated carbocycles. The van der Waals surface area contributed by atoms with Crippen molar-refractivity contribution in [3.05, 3.63) is 53.6 Å². The number of carbonyl (C=O) groups is 1. The lowest BCUT2D eigenvalue weighted by molar-refractivity contribution is 0.0772. The van der Waals surface area contributed by atoms with Crippen molar-refractivity contribution in [3.63, 3.8) is 0 Å². The first kappa shape index (κ1) is 17.3. The summed E-state index contributed by atoms with van der Waals surface area (Å²) in [4.78, 5) is 14.7. The standard InChI is InChI=1S/C20H27NO2/c1-20(2,3)17-15-16(11-12-18(17)22)19(23)21-13-9-7-5-4-6-8-10-14-21/h4-5,8,10-12,15,22H,6-7,9,13-14H2,1-3H3/b5-4-,10-8-. The van der Waals surface area contributed by atoms with Crippen LogP contribution in [-0.4, -0.2) is 29.0 Å².